The number of aryl methyl sites for hydroxylation is 1. The van der Waals surface area contributed by atoms with E-state index in [1.807, 2.05) is 19.1 Å². The molecule has 0 aliphatic heterocycles. The van der Waals surface area contributed by atoms with Gasteiger partial charge in [0.05, 0.1) is 6.42 Å². The average Bonchev–Trinajstić information content (AvgIpc) is 2.63. The summed E-state index contributed by atoms with van der Waals surface area (Å²) in [5, 5.41) is 12.3. The van der Waals surface area contributed by atoms with E-state index in [0.29, 0.717) is 10.2 Å². The summed E-state index contributed by atoms with van der Waals surface area (Å²) in [5.41, 5.74) is 0.872. The topological polar surface area (TPSA) is 54.9 Å². The van der Waals surface area contributed by atoms with Gasteiger partial charge in [-0.3, -0.25) is 4.79 Å². The standard InChI is InChI=1S/C11H10ClN3OS/c1-7-14-15-11(17-7)13-10(16)6-8-3-2-4-9(12)5-8/h2-5H,6H2,1H3,(H,13,15,16). The smallest absolute Gasteiger partial charge is 0.230 e. The van der Waals surface area contributed by atoms with Gasteiger partial charge in [0.1, 0.15) is 5.01 Å². The van der Waals surface area contributed by atoms with Gasteiger partial charge in [-0.05, 0) is 24.6 Å². The lowest BCUT2D eigenvalue weighted by Gasteiger charge is -2.01. The molecule has 6 heteroatoms. The summed E-state index contributed by atoms with van der Waals surface area (Å²) in [6, 6.07) is 7.22. The van der Waals surface area contributed by atoms with Crippen molar-refractivity contribution in [1.29, 1.82) is 0 Å². The molecule has 0 aliphatic rings. The van der Waals surface area contributed by atoms with Gasteiger partial charge in [-0.2, -0.15) is 0 Å². The van der Waals surface area contributed by atoms with E-state index in [4.69, 9.17) is 11.6 Å². The van der Waals surface area contributed by atoms with Gasteiger partial charge in [0.2, 0.25) is 11.0 Å². The molecular weight excluding hydrogens is 258 g/mol. The molecule has 1 aromatic heterocycles. The molecule has 0 bridgehead atoms. The van der Waals surface area contributed by atoms with Crippen LogP contribution in [-0.2, 0) is 11.2 Å². The van der Waals surface area contributed by atoms with Gasteiger partial charge in [0.15, 0.2) is 0 Å². The minimum absolute atomic E-state index is 0.122. The van der Waals surface area contributed by atoms with Crippen molar-refractivity contribution in [1.82, 2.24) is 10.2 Å². The minimum Gasteiger partial charge on any atom is -0.300 e. The van der Waals surface area contributed by atoms with E-state index in [-0.39, 0.29) is 12.3 Å². The number of nitrogens with one attached hydrogen (secondary N) is 1. The highest BCUT2D eigenvalue weighted by Gasteiger charge is 2.07. The predicted octanol–water partition coefficient (Wildman–Crippen LogP) is 2.68. The molecule has 1 aromatic carbocycles. The van der Waals surface area contributed by atoms with E-state index in [0.717, 1.165) is 10.6 Å². The second kappa shape index (κ2) is 5.25. The fraction of sp³-hybridized carbons (Fsp3) is 0.182. The number of hydrogen-bond acceptors (Lipinski definition) is 4. The van der Waals surface area contributed by atoms with Crippen molar-refractivity contribution in [2.45, 2.75) is 13.3 Å². The number of carbonyl (C=O) groups is 1. The number of benzene rings is 1. The Bertz CT molecular complexity index is 541. The highest BCUT2D eigenvalue weighted by Crippen LogP contribution is 2.15. The van der Waals surface area contributed by atoms with E-state index in [2.05, 4.69) is 15.5 Å². The lowest BCUT2D eigenvalue weighted by atomic mass is 10.1. The SMILES string of the molecule is Cc1nnc(NC(=O)Cc2cccc(Cl)c2)s1. The molecule has 0 aliphatic carbocycles. The summed E-state index contributed by atoms with van der Waals surface area (Å²) in [6.07, 6.45) is 0.277. The van der Waals surface area contributed by atoms with Gasteiger partial charge in [0.25, 0.3) is 0 Å². The molecule has 1 heterocycles. The Balaban J connectivity index is 1.98. The van der Waals surface area contributed by atoms with Gasteiger partial charge in [-0.15, -0.1) is 10.2 Å². The summed E-state index contributed by atoms with van der Waals surface area (Å²) >= 11 is 7.19. The quantitative estimate of drug-likeness (QED) is 0.930. The van der Waals surface area contributed by atoms with Gasteiger partial charge in [0, 0.05) is 5.02 Å². The zero-order valence-corrected chi connectivity index (χ0v) is 10.7. The van der Waals surface area contributed by atoms with Crippen LogP contribution in [0.3, 0.4) is 0 Å². The lowest BCUT2D eigenvalue weighted by molar-refractivity contribution is -0.115. The van der Waals surface area contributed by atoms with Crippen LogP contribution in [0.25, 0.3) is 0 Å². The number of nitrogens with zero attached hydrogens (tertiary/aromatic N) is 2. The van der Waals surface area contributed by atoms with Crippen LogP contribution < -0.4 is 5.32 Å². The van der Waals surface area contributed by atoms with Crippen molar-refractivity contribution in [3.8, 4) is 0 Å². The lowest BCUT2D eigenvalue weighted by Crippen LogP contribution is -2.14. The number of rotatable bonds is 3. The zero-order chi connectivity index (χ0) is 12.3. The molecule has 0 fully saturated rings. The summed E-state index contributed by atoms with van der Waals surface area (Å²) in [5.74, 6) is -0.122. The van der Waals surface area contributed by atoms with Crippen molar-refractivity contribution in [2.75, 3.05) is 5.32 Å². The summed E-state index contributed by atoms with van der Waals surface area (Å²) < 4.78 is 0. The summed E-state index contributed by atoms with van der Waals surface area (Å²) in [4.78, 5) is 11.7. The molecule has 2 rings (SSSR count). The highest BCUT2D eigenvalue weighted by atomic mass is 35.5. The third-order valence-electron chi connectivity index (χ3n) is 2.03. The fourth-order valence-electron chi connectivity index (χ4n) is 1.34. The molecule has 4 nitrogen and oxygen atoms in total. The van der Waals surface area contributed by atoms with Crippen LogP contribution in [0, 0.1) is 6.92 Å². The first kappa shape index (κ1) is 12.0. The fourth-order valence-corrected chi connectivity index (χ4v) is 2.16. The van der Waals surface area contributed by atoms with E-state index in [9.17, 15) is 4.79 Å². The van der Waals surface area contributed by atoms with Crippen LogP contribution in [-0.4, -0.2) is 16.1 Å². The summed E-state index contributed by atoms with van der Waals surface area (Å²) in [7, 11) is 0. The largest absolute Gasteiger partial charge is 0.300 e. The molecule has 0 atom stereocenters. The minimum atomic E-state index is -0.122. The third kappa shape index (κ3) is 3.51. The molecule has 0 radical (unpaired) electrons. The molecule has 0 saturated heterocycles. The normalized spacial score (nSPS) is 10.2. The predicted molar refractivity (Wildman–Crippen MR) is 68.4 cm³/mol. The molecule has 2 aromatic rings. The second-order valence-electron chi connectivity index (χ2n) is 3.48. The number of amides is 1. The molecule has 1 N–H and O–H groups in total. The van der Waals surface area contributed by atoms with E-state index < -0.39 is 0 Å². The first-order valence-corrected chi connectivity index (χ1v) is 6.17. The maximum Gasteiger partial charge on any atom is 0.230 e. The van der Waals surface area contributed by atoms with Crippen LogP contribution in [0.15, 0.2) is 24.3 Å². The van der Waals surface area contributed by atoms with Crippen LogP contribution >= 0.6 is 22.9 Å². The Labute approximate surface area is 108 Å². The third-order valence-corrected chi connectivity index (χ3v) is 3.02. The Hall–Kier alpha value is -1.46. The van der Waals surface area contributed by atoms with Crippen LogP contribution in [0.1, 0.15) is 10.6 Å². The Morgan fingerprint density at radius 1 is 1.47 bits per heavy atom. The Kier molecular flexibility index (Phi) is 3.71. The second-order valence-corrected chi connectivity index (χ2v) is 5.10. The van der Waals surface area contributed by atoms with E-state index in [1.54, 1.807) is 12.1 Å². The number of carbonyl (C=O) groups excluding carboxylic acids is 1. The van der Waals surface area contributed by atoms with Crippen molar-refractivity contribution in [2.24, 2.45) is 0 Å². The first-order chi connectivity index (χ1) is 8.13. The number of anilines is 1. The zero-order valence-electron chi connectivity index (χ0n) is 9.11. The average molecular weight is 268 g/mol. The Morgan fingerprint density at radius 3 is 2.94 bits per heavy atom. The number of halogens is 1. The van der Waals surface area contributed by atoms with Crippen LogP contribution in [0.4, 0.5) is 5.13 Å². The van der Waals surface area contributed by atoms with Crippen molar-refractivity contribution in [3.63, 3.8) is 0 Å². The van der Waals surface area contributed by atoms with Gasteiger partial charge < -0.3 is 5.32 Å². The maximum absolute atomic E-state index is 11.7. The van der Waals surface area contributed by atoms with Crippen LogP contribution in [0.5, 0.6) is 0 Å². The van der Waals surface area contributed by atoms with Gasteiger partial charge in [-0.25, -0.2) is 0 Å². The molecule has 0 saturated carbocycles. The molecule has 0 unspecified atom stereocenters. The number of aromatic nitrogens is 2. The number of hydrogen-bond donors (Lipinski definition) is 1. The molecule has 88 valence electrons. The van der Waals surface area contributed by atoms with Crippen molar-refractivity contribution in [3.05, 3.63) is 39.9 Å². The van der Waals surface area contributed by atoms with Crippen LogP contribution in [0.2, 0.25) is 5.02 Å². The highest BCUT2D eigenvalue weighted by molar-refractivity contribution is 7.15. The molecular formula is C11H10ClN3OS. The monoisotopic (exact) mass is 267 g/mol. The van der Waals surface area contributed by atoms with Crippen molar-refractivity contribution >= 4 is 34.0 Å². The van der Waals surface area contributed by atoms with Gasteiger partial charge in [-0.1, -0.05) is 35.1 Å². The summed E-state index contributed by atoms with van der Waals surface area (Å²) in [6.45, 7) is 1.84. The van der Waals surface area contributed by atoms with Gasteiger partial charge >= 0.3 is 0 Å². The van der Waals surface area contributed by atoms with E-state index in [1.165, 1.54) is 11.3 Å². The molecule has 0 spiro atoms. The first-order valence-electron chi connectivity index (χ1n) is 4.98. The maximum atomic E-state index is 11.7. The molecule has 1 amide bonds. The molecule has 17 heavy (non-hydrogen) atoms. The van der Waals surface area contributed by atoms with Crippen molar-refractivity contribution < 1.29 is 4.79 Å². The Morgan fingerprint density at radius 2 is 2.29 bits per heavy atom. The van der Waals surface area contributed by atoms with E-state index >= 15 is 0 Å².